The van der Waals surface area contributed by atoms with E-state index < -0.39 is 0 Å². The van der Waals surface area contributed by atoms with Gasteiger partial charge in [-0.25, -0.2) is 0 Å². The summed E-state index contributed by atoms with van der Waals surface area (Å²) in [5.41, 5.74) is 14.5. The molecule has 0 spiro atoms. The van der Waals surface area contributed by atoms with Gasteiger partial charge in [0.25, 0.3) is 0 Å². The second-order valence-corrected chi connectivity index (χ2v) is 13.7. The predicted molar refractivity (Wildman–Crippen MR) is 228 cm³/mol. The highest BCUT2D eigenvalue weighted by atomic mass is 16.3. The summed E-state index contributed by atoms with van der Waals surface area (Å²) in [6.45, 7) is 0. The molecule has 0 aliphatic carbocycles. The highest BCUT2D eigenvalue weighted by Crippen LogP contribution is 2.46. The van der Waals surface area contributed by atoms with E-state index in [2.05, 4.69) is 217 Å². The Morgan fingerprint density at radius 3 is 1.37 bits per heavy atom. The maximum Gasteiger partial charge on any atom is 0.136 e. The molecule has 54 heavy (non-hydrogen) atoms. The minimum Gasteiger partial charge on any atom is -0.456 e. The Balaban J connectivity index is 1.12. The average Bonchev–Trinajstić information content (AvgIpc) is 3.65. The summed E-state index contributed by atoms with van der Waals surface area (Å²) >= 11 is 0. The first kappa shape index (κ1) is 31.6. The maximum atomic E-state index is 6.52. The van der Waals surface area contributed by atoms with Crippen molar-refractivity contribution in [2.45, 2.75) is 0 Å². The topological polar surface area (TPSA) is 16.4 Å². The lowest BCUT2D eigenvalue weighted by Gasteiger charge is -2.28. The van der Waals surface area contributed by atoms with Crippen LogP contribution in [0.3, 0.4) is 0 Å². The number of hydrogen-bond donors (Lipinski definition) is 0. The molecular weight excluding hydrogens is 655 g/mol. The highest BCUT2D eigenvalue weighted by molar-refractivity contribution is 6.23. The van der Waals surface area contributed by atoms with Crippen molar-refractivity contribution in [1.29, 1.82) is 0 Å². The summed E-state index contributed by atoms with van der Waals surface area (Å²) in [4.78, 5) is 2.38. The van der Waals surface area contributed by atoms with Crippen LogP contribution < -0.4 is 4.90 Å². The van der Waals surface area contributed by atoms with Gasteiger partial charge in [-0.15, -0.1) is 0 Å². The predicted octanol–water partition coefficient (Wildman–Crippen LogP) is 14.9. The molecule has 0 N–H and O–H groups in total. The third kappa shape index (κ3) is 5.62. The molecule has 2 nitrogen and oxygen atoms in total. The normalized spacial score (nSPS) is 11.3. The average molecular weight is 690 g/mol. The quantitative estimate of drug-likeness (QED) is 0.166. The number of anilines is 3. The first-order chi connectivity index (χ1) is 26.8. The number of benzene rings is 9. The van der Waals surface area contributed by atoms with Gasteiger partial charge in [0.2, 0.25) is 0 Å². The zero-order valence-electron chi connectivity index (χ0n) is 29.6. The Bertz CT molecular complexity index is 2890. The fourth-order valence-corrected chi connectivity index (χ4v) is 7.86. The van der Waals surface area contributed by atoms with Crippen molar-refractivity contribution in [2.75, 3.05) is 4.90 Å². The maximum absolute atomic E-state index is 6.52. The van der Waals surface area contributed by atoms with Crippen LogP contribution in [0.2, 0.25) is 0 Å². The summed E-state index contributed by atoms with van der Waals surface area (Å²) in [5, 5.41) is 4.67. The van der Waals surface area contributed by atoms with Crippen LogP contribution in [0.5, 0.6) is 0 Å². The minimum atomic E-state index is 0.884. The molecule has 0 unspecified atom stereocenters. The Hall–Kier alpha value is -7.16. The second-order valence-electron chi connectivity index (χ2n) is 13.7. The van der Waals surface area contributed by atoms with Crippen molar-refractivity contribution >= 4 is 49.8 Å². The van der Waals surface area contributed by atoms with Crippen LogP contribution in [-0.4, -0.2) is 0 Å². The van der Waals surface area contributed by atoms with Crippen molar-refractivity contribution in [3.05, 3.63) is 212 Å². The Labute approximate surface area is 314 Å². The van der Waals surface area contributed by atoms with Crippen LogP contribution in [-0.2, 0) is 0 Å². The van der Waals surface area contributed by atoms with Gasteiger partial charge in [-0.3, -0.25) is 0 Å². The Morgan fingerprint density at radius 1 is 0.296 bits per heavy atom. The molecule has 10 aromatic rings. The molecule has 0 aliphatic rings. The number of para-hydroxylation sites is 1. The molecule has 9 aromatic carbocycles. The molecule has 0 radical (unpaired) electrons. The molecule has 1 heterocycles. The summed E-state index contributed by atoms with van der Waals surface area (Å²) in [7, 11) is 0. The van der Waals surface area contributed by atoms with Crippen LogP contribution in [0.1, 0.15) is 0 Å². The first-order valence-corrected chi connectivity index (χ1v) is 18.4. The van der Waals surface area contributed by atoms with Crippen molar-refractivity contribution in [1.82, 2.24) is 0 Å². The lowest BCUT2D eigenvalue weighted by molar-refractivity contribution is 0.669. The van der Waals surface area contributed by atoms with E-state index in [1.807, 2.05) is 0 Å². The molecule has 0 aliphatic heterocycles. The largest absolute Gasteiger partial charge is 0.456 e. The monoisotopic (exact) mass is 689 g/mol. The smallest absolute Gasteiger partial charge is 0.136 e. The molecule has 0 amide bonds. The van der Waals surface area contributed by atoms with Gasteiger partial charge in [-0.05, 0) is 92.2 Å². The molecule has 0 saturated carbocycles. The molecule has 0 fully saturated rings. The van der Waals surface area contributed by atoms with Gasteiger partial charge in [0.15, 0.2) is 0 Å². The van der Waals surface area contributed by atoms with Gasteiger partial charge < -0.3 is 9.32 Å². The van der Waals surface area contributed by atoms with Crippen LogP contribution in [0, 0.1) is 0 Å². The van der Waals surface area contributed by atoms with Crippen LogP contribution >= 0.6 is 0 Å². The molecule has 1 aromatic heterocycles. The zero-order valence-corrected chi connectivity index (χ0v) is 29.6. The number of fused-ring (bicyclic) bond motifs is 5. The highest BCUT2D eigenvalue weighted by Gasteiger charge is 2.21. The molecule has 10 rings (SSSR count). The van der Waals surface area contributed by atoms with Gasteiger partial charge in [-0.2, -0.15) is 0 Å². The van der Waals surface area contributed by atoms with E-state index in [1.165, 1.54) is 44.2 Å². The van der Waals surface area contributed by atoms with Crippen molar-refractivity contribution in [3.8, 4) is 44.5 Å². The molecule has 0 saturated heterocycles. The van der Waals surface area contributed by atoms with Gasteiger partial charge >= 0.3 is 0 Å². The van der Waals surface area contributed by atoms with E-state index in [1.54, 1.807) is 0 Å². The first-order valence-electron chi connectivity index (χ1n) is 18.4. The van der Waals surface area contributed by atoms with Gasteiger partial charge in [0.1, 0.15) is 11.2 Å². The summed E-state index contributed by atoms with van der Waals surface area (Å²) in [5.74, 6) is 0. The summed E-state index contributed by atoms with van der Waals surface area (Å²) in [6.07, 6.45) is 0. The van der Waals surface area contributed by atoms with E-state index in [4.69, 9.17) is 4.42 Å². The zero-order chi connectivity index (χ0) is 35.8. The van der Waals surface area contributed by atoms with Crippen molar-refractivity contribution in [2.24, 2.45) is 0 Å². The standard InChI is InChI=1S/C52H35NO/c1-3-12-36(13-4-1)38-22-24-39(25-23-38)41-28-33-44(34-29-41)53(43-31-26-40(27-32-43)37-14-5-2-6-15-37)48-20-10-9-18-46(48)47-19-11-21-49-52(47)51-45-17-8-7-16-42(45)30-35-50(51)54-49/h1-35H. The number of rotatable bonds is 7. The van der Waals surface area contributed by atoms with Crippen LogP contribution in [0.25, 0.3) is 77.2 Å². The Morgan fingerprint density at radius 2 is 0.759 bits per heavy atom. The molecule has 254 valence electrons. The van der Waals surface area contributed by atoms with Crippen molar-refractivity contribution < 1.29 is 4.42 Å². The molecular formula is C52H35NO. The van der Waals surface area contributed by atoms with E-state index in [0.717, 1.165) is 50.1 Å². The van der Waals surface area contributed by atoms with Crippen LogP contribution in [0.4, 0.5) is 17.1 Å². The fraction of sp³-hybridized carbons (Fsp3) is 0. The third-order valence-electron chi connectivity index (χ3n) is 10.5. The van der Waals surface area contributed by atoms with Crippen LogP contribution in [0.15, 0.2) is 217 Å². The molecule has 0 atom stereocenters. The summed E-state index contributed by atoms with van der Waals surface area (Å²) < 4.78 is 6.52. The number of hydrogen-bond acceptors (Lipinski definition) is 2. The lowest BCUT2D eigenvalue weighted by atomic mass is 9.95. The van der Waals surface area contributed by atoms with Gasteiger partial charge in [0.05, 0.1) is 5.69 Å². The third-order valence-corrected chi connectivity index (χ3v) is 10.5. The summed E-state index contributed by atoms with van der Waals surface area (Å²) in [6, 6.07) is 75.8. The fourth-order valence-electron chi connectivity index (χ4n) is 7.86. The van der Waals surface area contributed by atoms with Gasteiger partial charge in [0, 0.05) is 27.7 Å². The van der Waals surface area contributed by atoms with E-state index >= 15 is 0 Å². The van der Waals surface area contributed by atoms with E-state index in [0.29, 0.717) is 0 Å². The van der Waals surface area contributed by atoms with E-state index in [-0.39, 0.29) is 0 Å². The van der Waals surface area contributed by atoms with Gasteiger partial charge in [-0.1, -0.05) is 170 Å². The molecule has 0 bridgehead atoms. The SMILES string of the molecule is c1ccc(-c2ccc(-c3ccc(N(c4ccc(-c5ccccc5)cc4)c4ccccc4-c4cccc5oc6ccc7ccccc7c6c45)cc3)cc2)cc1. The Kier molecular flexibility index (Phi) is 7.85. The number of nitrogens with zero attached hydrogens (tertiary/aromatic N) is 1. The second kappa shape index (κ2) is 13.4. The van der Waals surface area contributed by atoms with E-state index in [9.17, 15) is 0 Å². The lowest BCUT2D eigenvalue weighted by Crippen LogP contribution is -2.11. The molecule has 2 heteroatoms. The van der Waals surface area contributed by atoms with Crippen molar-refractivity contribution in [3.63, 3.8) is 0 Å². The minimum absolute atomic E-state index is 0.884. The number of furan rings is 1.